The second-order valence-corrected chi connectivity index (χ2v) is 6.27. The minimum atomic E-state index is 0.598. The SMILES string of the molecule is CCOc1cccc(CNc2ncc(C3CCOCC3)s2)n1. The van der Waals surface area contributed by atoms with Gasteiger partial charge >= 0.3 is 0 Å². The summed E-state index contributed by atoms with van der Waals surface area (Å²) < 4.78 is 10.8. The molecule has 6 heteroatoms. The summed E-state index contributed by atoms with van der Waals surface area (Å²) in [6.45, 7) is 4.96. The van der Waals surface area contributed by atoms with Gasteiger partial charge in [-0.3, -0.25) is 0 Å². The van der Waals surface area contributed by atoms with Gasteiger partial charge in [0.15, 0.2) is 5.13 Å². The zero-order chi connectivity index (χ0) is 15.2. The van der Waals surface area contributed by atoms with Crippen molar-refractivity contribution in [1.29, 1.82) is 0 Å². The molecular formula is C16H21N3O2S. The standard InChI is InChI=1S/C16H21N3O2S/c1-2-21-15-5-3-4-13(19-15)10-17-16-18-11-14(22-16)12-6-8-20-9-7-12/h3-5,11-12H,2,6-10H2,1H3,(H,17,18). The number of nitrogens with one attached hydrogen (secondary N) is 1. The van der Waals surface area contributed by atoms with Crippen molar-refractivity contribution in [1.82, 2.24) is 9.97 Å². The summed E-state index contributed by atoms with van der Waals surface area (Å²) in [6, 6.07) is 5.83. The highest BCUT2D eigenvalue weighted by atomic mass is 32.1. The Balaban J connectivity index is 1.57. The normalized spacial score (nSPS) is 15.7. The van der Waals surface area contributed by atoms with Crippen molar-refractivity contribution in [3.8, 4) is 5.88 Å². The molecule has 22 heavy (non-hydrogen) atoms. The third-order valence-electron chi connectivity index (χ3n) is 3.64. The molecule has 1 fully saturated rings. The summed E-state index contributed by atoms with van der Waals surface area (Å²) in [6.07, 6.45) is 4.19. The molecule has 118 valence electrons. The molecule has 1 aliphatic rings. The summed E-state index contributed by atoms with van der Waals surface area (Å²) in [4.78, 5) is 10.3. The van der Waals surface area contributed by atoms with Gasteiger partial charge in [-0.1, -0.05) is 6.07 Å². The van der Waals surface area contributed by atoms with Gasteiger partial charge in [0.1, 0.15) is 0 Å². The van der Waals surface area contributed by atoms with Crippen LogP contribution in [0.4, 0.5) is 5.13 Å². The van der Waals surface area contributed by atoms with E-state index < -0.39 is 0 Å². The van der Waals surface area contributed by atoms with Crippen LogP contribution in [-0.4, -0.2) is 29.8 Å². The molecule has 0 saturated carbocycles. The van der Waals surface area contributed by atoms with E-state index in [0.717, 1.165) is 36.9 Å². The Morgan fingerprint density at radius 2 is 2.23 bits per heavy atom. The molecular weight excluding hydrogens is 298 g/mol. The van der Waals surface area contributed by atoms with E-state index in [-0.39, 0.29) is 0 Å². The highest BCUT2D eigenvalue weighted by Gasteiger charge is 2.18. The van der Waals surface area contributed by atoms with Crippen LogP contribution in [0.2, 0.25) is 0 Å². The minimum absolute atomic E-state index is 0.598. The summed E-state index contributed by atoms with van der Waals surface area (Å²) in [7, 11) is 0. The van der Waals surface area contributed by atoms with Crippen LogP contribution in [0.5, 0.6) is 5.88 Å². The van der Waals surface area contributed by atoms with Crippen LogP contribution in [-0.2, 0) is 11.3 Å². The molecule has 0 amide bonds. The summed E-state index contributed by atoms with van der Waals surface area (Å²) >= 11 is 1.74. The van der Waals surface area contributed by atoms with Gasteiger partial charge in [0.25, 0.3) is 0 Å². The Kier molecular flexibility index (Phi) is 5.24. The third-order valence-corrected chi connectivity index (χ3v) is 4.76. The zero-order valence-corrected chi connectivity index (χ0v) is 13.6. The molecule has 0 radical (unpaired) electrons. The number of ether oxygens (including phenoxy) is 2. The van der Waals surface area contributed by atoms with Gasteiger partial charge in [-0.2, -0.15) is 0 Å². The predicted octanol–water partition coefficient (Wildman–Crippen LogP) is 3.44. The lowest BCUT2D eigenvalue weighted by molar-refractivity contribution is 0.0860. The van der Waals surface area contributed by atoms with Crippen LogP contribution in [0.15, 0.2) is 24.4 Å². The first-order chi connectivity index (χ1) is 10.8. The molecule has 2 aromatic heterocycles. The lowest BCUT2D eigenvalue weighted by Crippen LogP contribution is -2.12. The first kappa shape index (κ1) is 15.2. The Hall–Kier alpha value is -1.66. The summed E-state index contributed by atoms with van der Waals surface area (Å²) in [5.41, 5.74) is 0.953. The van der Waals surface area contributed by atoms with Gasteiger partial charge in [0, 0.05) is 30.4 Å². The van der Waals surface area contributed by atoms with Crippen LogP contribution >= 0.6 is 11.3 Å². The molecule has 5 nitrogen and oxygen atoms in total. The number of thiazole rings is 1. The van der Waals surface area contributed by atoms with E-state index in [4.69, 9.17) is 9.47 Å². The van der Waals surface area contributed by atoms with E-state index in [0.29, 0.717) is 24.9 Å². The van der Waals surface area contributed by atoms with Crippen molar-refractivity contribution in [3.05, 3.63) is 35.0 Å². The molecule has 0 unspecified atom stereocenters. The molecule has 3 heterocycles. The van der Waals surface area contributed by atoms with E-state index in [9.17, 15) is 0 Å². The first-order valence-corrected chi connectivity index (χ1v) is 8.53. The minimum Gasteiger partial charge on any atom is -0.478 e. The maximum atomic E-state index is 5.42. The van der Waals surface area contributed by atoms with E-state index in [1.165, 1.54) is 4.88 Å². The number of nitrogens with zero attached hydrogens (tertiary/aromatic N) is 2. The Labute approximate surface area is 134 Å². The number of hydrogen-bond acceptors (Lipinski definition) is 6. The monoisotopic (exact) mass is 319 g/mol. The van der Waals surface area contributed by atoms with Gasteiger partial charge in [0.05, 0.1) is 18.8 Å². The largest absolute Gasteiger partial charge is 0.478 e. The third kappa shape index (κ3) is 3.96. The lowest BCUT2D eigenvalue weighted by Gasteiger charge is -2.20. The Morgan fingerprint density at radius 3 is 3.05 bits per heavy atom. The fraction of sp³-hybridized carbons (Fsp3) is 0.500. The van der Waals surface area contributed by atoms with E-state index in [1.54, 1.807) is 11.3 Å². The zero-order valence-electron chi connectivity index (χ0n) is 12.7. The van der Waals surface area contributed by atoms with Crippen LogP contribution in [0.3, 0.4) is 0 Å². The van der Waals surface area contributed by atoms with Crippen LogP contribution < -0.4 is 10.1 Å². The van der Waals surface area contributed by atoms with Crippen LogP contribution in [0, 0.1) is 0 Å². The summed E-state index contributed by atoms with van der Waals surface area (Å²) in [5, 5.41) is 4.30. The number of anilines is 1. The molecule has 0 bridgehead atoms. The molecule has 0 aliphatic carbocycles. The fourth-order valence-electron chi connectivity index (χ4n) is 2.49. The number of pyridine rings is 1. The smallest absolute Gasteiger partial charge is 0.213 e. The first-order valence-electron chi connectivity index (χ1n) is 7.71. The molecule has 0 atom stereocenters. The molecule has 1 N–H and O–H groups in total. The van der Waals surface area contributed by atoms with Gasteiger partial charge in [-0.05, 0) is 31.7 Å². The van der Waals surface area contributed by atoms with E-state index in [1.807, 2.05) is 31.3 Å². The lowest BCUT2D eigenvalue weighted by atomic mass is 9.99. The summed E-state index contributed by atoms with van der Waals surface area (Å²) in [5.74, 6) is 1.27. The molecule has 0 spiro atoms. The van der Waals surface area contributed by atoms with Crippen molar-refractivity contribution >= 4 is 16.5 Å². The Morgan fingerprint density at radius 1 is 1.36 bits per heavy atom. The number of aromatic nitrogens is 2. The van der Waals surface area contributed by atoms with E-state index in [2.05, 4.69) is 15.3 Å². The van der Waals surface area contributed by atoms with Crippen molar-refractivity contribution in [2.24, 2.45) is 0 Å². The number of rotatable bonds is 6. The Bertz CT molecular complexity index is 597. The second-order valence-electron chi connectivity index (χ2n) is 5.21. The average molecular weight is 319 g/mol. The maximum Gasteiger partial charge on any atom is 0.213 e. The van der Waals surface area contributed by atoms with Crippen molar-refractivity contribution in [2.45, 2.75) is 32.2 Å². The van der Waals surface area contributed by atoms with Gasteiger partial charge < -0.3 is 14.8 Å². The van der Waals surface area contributed by atoms with Crippen LogP contribution in [0.1, 0.15) is 36.3 Å². The topological polar surface area (TPSA) is 56.3 Å². The fourth-order valence-corrected chi connectivity index (χ4v) is 3.47. The average Bonchev–Trinajstić information content (AvgIpc) is 3.04. The molecule has 1 aliphatic heterocycles. The van der Waals surface area contributed by atoms with Gasteiger partial charge in [-0.25, -0.2) is 9.97 Å². The van der Waals surface area contributed by atoms with Crippen LogP contribution in [0.25, 0.3) is 0 Å². The van der Waals surface area contributed by atoms with E-state index >= 15 is 0 Å². The highest BCUT2D eigenvalue weighted by Crippen LogP contribution is 2.32. The molecule has 1 saturated heterocycles. The highest BCUT2D eigenvalue weighted by molar-refractivity contribution is 7.15. The van der Waals surface area contributed by atoms with Crippen molar-refractivity contribution < 1.29 is 9.47 Å². The molecule has 0 aromatic carbocycles. The second kappa shape index (κ2) is 7.56. The molecule has 3 rings (SSSR count). The maximum absolute atomic E-state index is 5.42. The van der Waals surface area contributed by atoms with Gasteiger partial charge in [-0.15, -0.1) is 11.3 Å². The molecule has 2 aromatic rings. The predicted molar refractivity (Wildman–Crippen MR) is 87.6 cm³/mol. The van der Waals surface area contributed by atoms with Gasteiger partial charge in [0.2, 0.25) is 5.88 Å². The van der Waals surface area contributed by atoms with Crippen molar-refractivity contribution in [3.63, 3.8) is 0 Å². The quantitative estimate of drug-likeness (QED) is 0.884. The van der Waals surface area contributed by atoms with Crippen molar-refractivity contribution in [2.75, 3.05) is 25.1 Å². The number of hydrogen-bond donors (Lipinski definition) is 1.